The molecular formula is C32H39F2N5O2S. The molecule has 0 unspecified atom stereocenters. The third-order valence-electron chi connectivity index (χ3n) is 9.60. The Morgan fingerprint density at radius 2 is 2.00 bits per heavy atom. The fourth-order valence-corrected chi connectivity index (χ4v) is 8.48. The number of aromatic hydroxyl groups is 1. The van der Waals surface area contributed by atoms with E-state index in [-0.39, 0.29) is 17.1 Å². The Hall–Kier alpha value is -2.85. The number of alkyl halides is 1. The molecule has 5 heterocycles. The van der Waals surface area contributed by atoms with Crippen molar-refractivity contribution in [1.29, 1.82) is 0 Å². The van der Waals surface area contributed by atoms with Crippen molar-refractivity contribution in [3.63, 3.8) is 0 Å². The molecule has 0 amide bonds. The summed E-state index contributed by atoms with van der Waals surface area (Å²) in [6, 6.07) is 7.03. The molecule has 0 aliphatic carbocycles. The molecule has 1 aromatic heterocycles. The van der Waals surface area contributed by atoms with E-state index >= 15 is 0 Å². The molecule has 224 valence electrons. The summed E-state index contributed by atoms with van der Waals surface area (Å²) in [5, 5.41) is 12.3. The highest BCUT2D eigenvalue weighted by atomic mass is 32.2. The number of phenols is 1. The van der Waals surface area contributed by atoms with E-state index in [2.05, 4.69) is 14.7 Å². The first kappa shape index (κ1) is 28.0. The average molecular weight is 596 g/mol. The smallest absolute Gasteiger partial charge is 0.318 e. The van der Waals surface area contributed by atoms with Crippen molar-refractivity contribution in [1.82, 2.24) is 14.9 Å². The zero-order valence-electron chi connectivity index (χ0n) is 24.2. The third-order valence-corrected chi connectivity index (χ3v) is 10.7. The summed E-state index contributed by atoms with van der Waals surface area (Å²) in [5.74, 6) is 3.09. The number of ether oxygens (including phenoxy) is 1. The minimum absolute atomic E-state index is 0.162. The number of aromatic nitrogens is 2. The molecule has 3 saturated heterocycles. The van der Waals surface area contributed by atoms with Crippen LogP contribution in [-0.4, -0.2) is 82.5 Å². The number of fused-ring (bicyclic) bond motifs is 3. The molecule has 0 radical (unpaired) electrons. The number of aryl methyl sites for hydroxylation is 1. The molecule has 2 aromatic carbocycles. The number of nitrogens with zero attached hydrogens (tertiary/aromatic N) is 5. The maximum atomic E-state index is 14.9. The van der Waals surface area contributed by atoms with E-state index in [1.165, 1.54) is 6.07 Å². The zero-order chi connectivity index (χ0) is 28.8. The molecule has 3 aromatic rings. The van der Waals surface area contributed by atoms with Crippen LogP contribution >= 0.6 is 11.8 Å². The number of anilines is 2. The van der Waals surface area contributed by atoms with E-state index in [0.717, 1.165) is 90.4 Å². The predicted octanol–water partition coefficient (Wildman–Crippen LogP) is 5.50. The van der Waals surface area contributed by atoms with Crippen molar-refractivity contribution < 1.29 is 18.6 Å². The molecule has 7 rings (SSSR count). The summed E-state index contributed by atoms with van der Waals surface area (Å²) < 4.78 is 35.7. The van der Waals surface area contributed by atoms with Gasteiger partial charge >= 0.3 is 6.01 Å². The maximum absolute atomic E-state index is 14.9. The molecule has 1 N–H and O–H groups in total. The van der Waals surface area contributed by atoms with E-state index < -0.39 is 6.17 Å². The minimum Gasteiger partial charge on any atom is -0.508 e. The van der Waals surface area contributed by atoms with Crippen LogP contribution in [0.3, 0.4) is 0 Å². The molecule has 42 heavy (non-hydrogen) atoms. The van der Waals surface area contributed by atoms with Gasteiger partial charge in [-0.25, -0.2) is 8.78 Å². The Bertz CT molecular complexity index is 1480. The van der Waals surface area contributed by atoms with Crippen LogP contribution in [0.2, 0.25) is 0 Å². The lowest BCUT2D eigenvalue weighted by Gasteiger charge is -2.35. The van der Waals surface area contributed by atoms with Gasteiger partial charge in [-0.05, 0) is 67.5 Å². The summed E-state index contributed by atoms with van der Waals surface area (Å²) in [6.07, 6.45) is 4.08. The summed E-state index contributed by atoms with van der Waals surface area (Å²) in [7, 11) is 0. The van der Waals surface area contributed by atoms with Gasteiger partial charge in [0.1, 0.15) is 30.2 Å². The van der Waals surface area contributed by atoms with Crippen molar-refractivity contribution in [2.75, 3.05) is 60.6 Å². The van der Waals surface area contributed by atoms with Gasteiger partial charge < -0.3 is 19.6 Å². The van der Waals surface area contributed by atoms with Crippen LogP contribution in [0, 0.1) is 5.82 Å². The first-order chi connectivity index (χ1) is 20.4. The van der Waals surface area contributed by atoms with E-state index in [9.17, 15) is 13.9 Å². The van der Waals surface area contributed by atoms with Gasteiger partial charge in [0.05, 0.1) is 17.8 Å². The van der Waals surface area contributed by atoms with Crippen LogP contribution in [0.25, 0.3) is 10.8 Å². The predicted molar refractivity (Wildman–Crippen MR) is 164 cm³/mol. The number of benzene rings is 2. The quantitative estimate of drug-likeness (QED) is 0.401. The highest BCUT2D eigenvalue weighted by Gasteiger charge is 2.49. The Kier molecular flexibility index (Phi) is 7.54. The van der Waals surface area contributed by atoms with E-state index in [4.69, 9.17) is 14.7 Å². The fraction of sp³-hybridized carbons (Fsp3) is 0.562. The fourth-order valence-electron chi connectivity index (χ4n) is 7.60. The average Bonchev–Trinajstić information content (AvgIpc) is 3.36. The van der Waals surface area contributed by atoms with Gasteiger partial charge in [0.15, 0.2) is 0 Å². The van der Waals surface area contributed by atoms with Crippen LogP contribution in [0.1, 0.15) is 49.4 Å². The van der Waals surface area contributed by atoms with E-state index in [1.807, 2.05) is 18.7 Å². The van der Waals surface area contributed by atoms with Crippen molar-refractivity contribution in [3.05, 3.63) is 46.9 Å². The van der Waals surface area contributed by atoms with Crippen LogP contribution in [0.4, 0.5) is 20.3 Å². The Morgan fingerprint density at radius 3 is 2.88 bits per heavy atom. The molecule has 7 nitrogen and oxygen atoms in total. The van der Waals surface area contributed by atoms with Gasteiger partial charge in [-0.1, -0.05) is 13.0 Å². The minimum atomic E-state index is -0.813. The van der Waals surface area contributed by atoms with Crippen LogP contribution in [0.5, 0.6) is 11.8 Å². The standard InChI is InChI=1S/C32H39F2N5O2S/c1-2-24-26(34)6-5-21-15-23(40)16-28(29(21)24)38-11-7-25-27(19-38)35-31(36-30(25)37-9-4-13-42-14-12-37)41-20-32-8-3-10-39(32)18-22(33)17-32/h5-6,15-16,22,40H,2-4,7-14,17-20H2,1H3/t22-,32+/m1/s1. The summed E-state index contributed by atoms with van der Waals surface area (Å²) in [6.45, 7) is 6.83. The van der Waals surface area contributed by atoms with Gasteiger partial charge in [0.25, 0.3) is 0 Å². The summed E-state index contributed by atoms with van der Waals surface area (Å²) in [5.41, 5.74) is 3.25. The molecule has 2 atom stereocenters. The largest absolute Gasteiger partial charge is 0.508 e. The number of phenolic OH excluding ortho intramolecular Hbond substituents is 1. The maximum Gasteiger partial charge on any atom is 0.318 e. The molecule has 0 bridgehead atoms. The van der Waals surface area contributed by atoms with Crippen molar-refractivity contribution in [2.45, 2.75) is 63.7 Å². The van der Waals surface area contributed by atoms with Crippen LogP contribution in [-0.2, 0) is 19.4 Å². The first-order valence-corrected chi connectivity index (χ1v) is 16.5. The number of rotatable bonds is 6. The second-order valence-corrected chi connectivity index (χ2v) is 13.4. The topological polar surface area (TPSA) is 65.0 Å². The number of hydrogen-bond donors (Lipinski definition) is 1. The van der Waals surface area contributed by atoms with Gasteiger partial charge in [-0.2, -0.15) is 21.7 Å². The zero-order valence-corrected chi connectivity index (χ0v) is 25.1. The normalized spacial score (nSPS) is 24.6. The van der Waals surface area contributed by atoms with Crippen molar-refractivity contribution >= 4 is 34.0 Å². The number of hydrogen-bond acceptors (Lipinski definition) is 8. The third kappa shape index (κ3) is 5.04. The molecule has 4 aliphatic heterocycles. The van der Waals surface area contributed by atoms with Gasteiger partial charge in [-0.3, -0.25) is 4.90 Å². The Labute approximate surface area is 250 Å². The number of halogens is 2. The molecule has 10 heteroatoms. The Morgan fingerprint density at radius 1 is 1.10 bits per heavy atom. The van der Waals surface area contributed by atoms with Gasteiger partial charge in [0, 0.05) is 61.1 Å². The molecule has 4 aliphatic rings. The molecular weight excluding hydrogens is 556 g/mol. The van der Waals surface area contributed by atoms with E-state index in [0.29, 0.717) is 50.7 Å². The lowest BCUT2D eigenvalue weighted by atomic mass is 9.95. The second kappa shape index (κ2) is 11.3. The molecule has 0 saturated carbocycles. The van der Waals surface area contributed by atoms with Crippen LogP contribution in [0.15, 0.2) is 24.3 Å². The summed E-state index contributed by atoms with van der Waals surface area (Å²) >= 11 is 1.98. The van der Waals surface area contributed by atoms with Crippen molar-refractivity contribution in [2.24, 2.45) is 0 Å². The summed E-state index contributed by atoms with van der Waals surface area (Å²) in [4.78, 5) is 16.8. The highest BCUT2D eigenvalue weighted by molar-refractivity contribution is 7.99. The number of thioether (sulfide) groups is 1. The van der Waals surface area contributed by atoms with E-state index in [1.54, 1.807) is 18.2 Å². The van der Waals surface area contributed by atoms with Crippen molar-refractivity contribution in [3.8, 4) is 11.8 Å². The first-order valence-electron chi connectivity index (χ1n) is 15.4. The molecule has 3 fully saturated rings. The molecule has 0 spiro atoms. The SMILES string of the molecule is CCc1c(F)ccc2cc(O)cc(N3CCc4c(nc(OC[C@@]56CCCN5C[C@H](F)C6)nc4N4CCCSCC4)C3)c12. The monoisotopic (exact) mass is 595 g/mol. The van der Waals surface area contributed by atoms with Crippen LogP contribution < -0.4 is 14.5 Å². The lowest BCUT2D eigenvalue weighted by Crippen LogP contribution is -2.43. The lowest BCUT2D eigenvalue weighted by molar-refractivity contribution is 0.107. The van der Waals surface area contributed by atoms with Gasteiger partial charge in [0.2, 0.25) is 0 Å². The highest BCUT2D eigenvalue weighted by Crippen LogP contribution is 2.41. The van der Waals surface area contributed by atoms with Gasteiger partial charge in [-0.15, -0.1) is 0 Å². The Balaban J connectivity index is 1.25. The second-order valence-electron chi connectivity index (χ2n) is 12.2.